The van der Waals surface area contributed by atoms with E-state index in [1.807, 2.05) is 0 Å². The predicted octanol–water partition coefficient (Wildman–Crippen LogP) is 4.97. The van der Waals surface area contributed by atoms with Crippen molar-refractivity contribution < 1.29 is 4.39 Å². The van der Waals surface area contributed by atoms with Crippen molar-refractivity contribution in [2.45, 2.75) is 57.9 Å². The van der Waals surface area contributed by atoms with Crippen LogP contribution >= 0.6 is 11.6 Å². The van der Waals surface area contributed by atoms with Crippen LogP contribution in [-0.2, 0) is 6.42 Å². The van der Waals surface area contributed by atoms with Crippen LogP contribution < -0.4 is 5.32 Å². The number of nitrogens with one attached hydrogen (secondary N) is 1. The first kappa shape index (κ1) is 15.8. The Morgan fingerprint density at radius 2 is 2.05 bits per heavy atom. The van der Waals surface area contributed by atoms with Crippen LogP contribution in [0.1, 0.15) is 51.0 Å². The van der Waals surface area contributed by atoms with Gasteiger partial charge in [0.2, 0.25) is 0 Å². The molecule has 1 N–H and O–H groups in total. The smallest absolute Gasteiger partial charge is 0.126 e. The number of rotatable bonds is 6. The zero-order chi connectivity index (χ0) is 14.4. The first-order valence-corrected chi connectivity index (χ1v) is 8.24. The van der Waals surface area contributed by atoms with Crippen molar-refractivity contribution in [3.63, 3.8) is 0 Å². The Labute approximate surface area is 126 Å². The highest BCUT2D eigenvalue weighted by Crippen LogP contribution is 2.28. The molecule has 0 amide bonds. The van der Waals surface area contributed by atoms with Crippen LogP contribution in [0.25, 0.3) is 0 Å². The maximum absolute atomic E-state index is 13.9. The van der Waals surface area contributed by atoms with Crippen LogP contribution in [0.5, 0.6) is 0 Å². The summed E-state index contributed by atoms with van der Waals surface area (Å²) in [6, 6.07) is 5.21. The molecule has 1 fully saturated rings. The van der Waals surface area contributed by atoms with Gasteiger partial charge in [-0.2, -0.15) is 0 Å². The van der Waals surface area contributed by atoms with Gasteiger partial charge in [-0.25, -0.2) is 4.39 Å². The van der Waals surface area contributed by atoms with E-state index in [1.54, 1.807) is 12.1 Å². The number of hydrogen-bond donors (Lipinski definition) is 1. The minimum absolute atomic E-state index is 0.138. The number of benzene rings is 1. The molecule has 0 aromatic heterocycles. The minimum atomic E-state index is -0.138. The van der Waals surface area contributed by atoms with E-state index in [0.717, 1.165) is 30.9 Å². The average molecular weight is 298 g/mol. The summed E-state index contributed by atoms with van der Waals surface area (Å²) in [6.07, 6.45) is 8.64. The summed E-state index contributed by atoms with van der Waals surface area (Å²) in [5.41, 5.74) is 0.735. The molecule has 1 aromatic rings. The molecule has 112 valence electrons. The third-order valence-electron chi connectivity index (χ3n) is 4.31. The van der Waals surface area contributed by atoms with Crippen molar-refractivity contribution in [2.75, 3.05) is 6.54 Å². The topological polar surface area (TPSA) is 12.0 Å². The minimum Gasteiger partial charge on any atom is -0.314 e. The van der Waals surface area contributed by atoms with E-state index in [4.69, 9.17) is 11.6 Å². The molecule has 1 aliphatic carbocycles. The van der Waals surface area contributed by atoms with Gasteiger partial charge in [0.05, 0.1) is 0 Å². The molecule has 0 radical (unpaired) electrons. The molecule has 2 rings (SSSR count). The standard InChI is InChI=1S/C17H25ClFN/c1-2-20-16(10-13-6-4-3-5-7-13)12-14-11-15(18)8-9-17(14)19/h8-9,11,13,16,20H,2-7,10,12H2,1H3. The lowest BCUT2D eigenvalue weighted by Crippen LogP contribution is -2.33. The van der Waals surface area contributed by atoms with E-state index >= 15 is 0 Å². The second-order valence-electron chi connectivity index (χ2n) is 5.93. The van der Waals surface area contributed by atoms with Crippen LogP contribution in [0.2, 0.25) is 5.02 Å². The van der Waals surface area contributed by atoms with E-state index in [-0.39, 0.29) is 5.82 Å². The summed E-state index contributed by atoms with van der Waals surface area (Å²) in [7, 11) is 0. The van der Waals surface area contributed by atoms with Gasteiger partial charge in [0.15, 0.2) is 0 Å². The van der Waals surface area contributed by atoms with Crippen LogP contribution in [0.15, 0.2) is 18.2 Å². The summed E-state index contributed by atoms with van der Waals surface area (Å²) < 4.78 is 13.9. The maximum atomic E-state index is 13.9. The van der Waals surface area contributed by atoms with E-state index in [1.165, 1.54) is 38.2 Å². The molecular weight excluding hydrogens is 273 g/mol. The average Bonchev–Trinajstić information content (AvgIpc) is 2.44. The molecule has 1 atom stereocenters. The lowest BCUT2D eigenvalue weighted by atomic mass is 9.83. The normalized spacial score (nSPS) is 18.1. The first-order valence-electron chi connectivity index (χ1n) is 7.86. The lowest BCUT2D eigenvalue weighted by molar-refractivity contribution is 0.297. The van der Waals surface area contributed by atoms with Crippen LogP contribution in [0.3, 0.4) is 0 Å². The fraction of sp³-hybridized carbons (Fsp3) is 0.647. The third-order valence-corrected chi connectivity index (χ3v) is 4.54. The number of hydrogen-bond acceptors (Lipinski definition) is 1. The third kappa shape index (κ3) is 4.75. The van der Waals surface area contributed by atoms with Crippen molar-refractivity contribution >= 4 is 11.6 Å². The fourth-order valence-corrected chi connectivity index (χ4v) is 3.51. The van der Waals surface area contributed by atoms with E-state index in [0.29, 0.717) is 11.1 Å². The van der Waals surface area contributed by atoms with Gasteiger partial charge < -0.3 is 5.32 Å². The van der Waals surface area contributed by atoms with E-state index < -0.39 is 0 Å². The molecule has 20 heavy (non-hydrogen) atoms. The second-order valence-corrected chi connectivity index (χ2v) is 6.37. The van der Waals surface area contributed by atoms with Crippen molar-refractivity contribution in [3.8, 4) is 0 Å². The monoisotopic (exact) mass is 297 g/mol. The van der Waals surface area contributed by atoms with Gasteiger partial charge in [0.25, 0.3) is 0 Å². The molecule has 0 saturated heterocycles. The van der Waals surface area contributed by atoms with E-state index in [2.05, 4.69) is 12.2 Å². The highest BCUT2D eigenvalue weighted by molar-refractivity contribution is 6.30. The van der Waals surface area contributed by atoms with Crippen molar-refractivity contribution in [2.24, 2.45) is 5.92 Å². The summed E-state index contributed by atoms with van der Waals surface area (Å²) >= 11 is 5.98. The molecule has 1 nitrogen and oxygen atoms in total. The lowest BCUT2D eigenvalue weighted by Gasteiger charge is -2.27. The number of likely N-dealkylation sites (N-methyl/N-ethyl adjacent to an activating group) is 1. The Morgan fingerprint density at radius 3 is 2.75 bits per heavy atom. The summed E-state index contributed by atoms with van der Waals surface area (Å²) in [4.78, 5) is 0. The predicted molar refractivity (Wildman–Crippen MR) is 83.8 cm³/mol. The zero-order valence-electron chi connectivity index (χ0n) is 12.3. The molecule has 1 unspecified atom stereocenters. The largest absolute Gasteiger partial charge is 0.314 e. The van der Waals surface area contributed by atoms with Gasteiger partial charge in [-0.15, -0.1) is 0 Å². The van der Waals surface area contributed by atoms with Gasteiger partial charge in [-0.05, 0) is 49.1 Å². The highest BCUT2D eigenvalue weighted by Gasteiger charge is 2.19. The summed E-state index contributed by atoms with van der Waals surface area (Å²) in [6.45, 7) is 3.04. The Morgan fingerprint density at radius 1 is 1.30 bits per heavy atom. The maximum Gasteiger partial charge on any atom is 0.126 e. The van der Waals surface area contributed by atoms with Gasteiger partial charge in [0, 0.05) is 11.1 Å². The first-order chi connectivity index (χ1) is 9.69. The fourth-order valence-electron chi connectivity index (χ4n) is 3.32. The Kier molecular flexibility index (Phi) is 6.31. The van der Waals surface area contributed by atoms with E-state index in [9.17, 15) is 4.39 Å². The highest BCUT2D eigenvalue weighted by atomic mass is 35.5. The van der Waals surface area contributed by atoms with Gasteiger partial charge in [0.1, 0.15) is 5.82 Å². The summed E-state index contributed by atoms with van der Waals surface area (Å²) in [5.74, 6) is 0.663. The molecule has 0 aliphatic heterocycles. The van der Waals surface area contributed by atoms with Gasteiger partial charge in [-0.1, -0.05) is 50.6 Å². The molecule has 1 saturated carbocycles. The Balaban J connectivity index is 1.98. The Hall–Kier alpha value is -0.600. The van der Waals surface area contributed by atoms with Crippen LogP contribution in [0, 0.1) is 11.7 Å². The van der Waals surface area contributed by atoms with Crippen molar-refractivity contribution in [3.05, 3.63) is 34.6 Å². The molecule has 1 aliphatic rings. The quantitative estimate of drug-likeness (QED) is 0.781. The molecule has 3 heteroatoms. The SMILES string of the molecule is CCNC(Cc1cc(Cl)ccc1F)CC1CCCCC1. The van der Waals surface area contributed by atoms with Crippen molar-refractivity contribution in [1.82, 2.24) is 5.32 Å². The zero-order valence-corrected chi connectivity index (χ0v) is 13.1. The number of halogens is 2. The van der Waals surface area contributed by atoms with Crippen molar-refractivity contribution in [1.29, 1.82) is 0 Å². The van der Waals surface area contributed by atoms with Crippen LogP contribution in [0.4, 0.5) is 4.39 Å². The van der Waals surface area contributed by atoms with Crippen LogP contribution in [-0.4, -0.2) is 12.6 Å². The van der Waals surface area contributed by atoms with Gasteiger partial charge >= 0.3 is 0 Å². The molecular formula is C17H25ClFN. The Bertz CT molecular complexity index is 415. The second kappa shape index (κ2) is 7.99. The molecule has 0 spiro atoms. The van der Waals surface area contributed by atoms with Gasteiger partial charge in [-0.3, -0.25) is 0 Å². The molecule has 0 heterocycles. The molecule has 0 bridgehead atoms. The summed E-state index contributed by atoms with van der Waals surface area (Å²) in [5, 5.41) is 4.14. The molecule has 1 aromatic carbocycles.